The van der Waals surface area contributed by atoms with Crippen LogP contribution in [0.3, 0.4) is 0 Å². The SMILES string of the molecule is CCCCCCCCCCCCCCCCCCc1cc2c(OCC(=O)OC)c(c1)Cc1cc(CCCCCCCCCCCCCCCCCC)cc(c1OCC(=O)OC)Cc1cc(CCCCCCCCCCCCCCCCCC)cc(c1OCC(=O)OC)Cc1cc(CCCCCCCCCCCCCCCCCC)cc(c1OCC(=O)OC)C2. The highest BCUT2D eigenvalue weighted by Crippen LogP contribution is 2.43. The number of hydrogen-bond donors (Lipinski definition) is 0. The Morgan fingerprint density at radius 3 is 0.411 bits per heavy atom. The minimum Gasteiger partial charge on any atom is -0.481 e. The number of hydrogen-bond acceptors (Lipinski definition) is 12. The molecule has 0 unspecified atom stereocenters. The number of rotatable bonds is 80. The second-order valence-electron chi connectivity index (χ2n) is 37.4. The van der Waals surface area contributed by atoms with Gasteiger partial charge in [-0.25, -0.2) is 19.2 Å². The predicted molar refractivity (Wildman–Crippen MR) is 520 cm³/mol. The van der Waals surface area contributed by atoms with E-state index in [-0.39, 0.29) is 26.4 Å². The number of benzene rings is 4. The van der Waals surface area contributed by atoms with Crippen molar-refractivity contribution in [3.05, 3.63) is 115 Å². The molecule has 1 aliphatic rings. The molecule has 8 bridgehead atoms. The first kappa shape index (κ1) is 108. The maximum absolute atomic E-state index is 13.6. The Morgan fingerprint density at radius 1 is 0.185 bits per heavy atom. The van der Waals surface area contributed by atoms with Crippen LogP contribution in [-0.4, -0.2) is 78.7 Å². The Labute approximate surface area is 759 Å². The Kier molecular flexibility index (Phi) is 64.6. The highest BCUT2D eigenvalue weighted by Gasteiger charge is 2.27. The summed E-state index contributed by atoms with van der Waals surface area (Å²) in [7, 11) is 5.61. The van der Waals surface area contributed by atoms with Crippen molar-refractivity contribution in [2.75, 3.05) is 54.9 Å². The third kappa shape index (κ3) is 50.6. The lowest BCUT2D eigenvalue weighted by Gasteiger charge is -2.25. The van der Waals surface area contributed by atoms with Crippen LogP contribution in [0.5, 0.6) is 23.0 Å². The average Bonchev–Trinajstić information content (AvgIpc) is 0.771. The van der Waals surface area contributed by atoms with Gasteiger partial charge >= 0.3 is 23.9 Å². The van der Waals surface area contributed by atoms with Gasteiger partial charge in [0.1, 0.15) is 23.0 Å². The van der Waals surface area contributed by atoms with Crippen LogP contribution in [0.2, 0.25) is 0 Å². The fourth-order valence-electron chi connectivity index (χ4n) is 18.8. The third-order valence-electron chi connectivity index (χ3n) is 26.3. The van der Waals surface area contributed by atoms with E-state index in [1.54, 1.807) is 0 Å². The molecule has 0 saturated heterocycles. The molecule has 0 saturated carbocycles. The van der Waals surface area contributed by atoms with Crippen LogP contribution in [0, 0.1) is 0 Å². The van der Waals surface area contributed by atoms with Crippen molar-refractivity contribution < 1.29 is 57.1 Å². The van der Waals surface area contributed by atoms with E-state index in [1.165, 1.54) is 410 Å². The van der Waals surface area contributed by atoms with Crippen molar-refractivity contribution in [2.45, 2.75) is 490 Å². The second kappa shape index (κ2) is 73.8. The minimum atomic E-state index is -0.493. The minimum absolute atomic E-state index is 0.313. The summed E-state index contributed by atoms with van der Waals surface area (Å²) in [6, 6.07) is 18.3. The van der Waals surface area contributed by atoms with Gasteiger partial charge in [0.25, 0.3) is 0 Å². The molecular formula is C112H184O12. The van der Waals surface area contributed by atoms with Gasteiger partial charge < -0.3 is 37.9 Å². The smallest absolute Gasteiger partial charge is 0.343 e. The summed E-state index contributed by atoms with van der Waals surface area (Å²) < 4.78 is 49.3. The fraction of sp³-hybridized carbons (Fsp3) is 0.750. The molecule has 0 heterocycles. The number of unbranched alkanes of at least 4 members (excludes halogenated alkanes) is 60. The molecule has 0 radical (unpaired) electrons. The Hall–Kier alpha value is -6.04. The molecule has 12 nitrogen and oxygen atoms in total. The van der Waals surface area contributed by atoms with Gasteiger partial charge in [-0.15, -0.1) is 0 Å². The topological polar surface area (TPSA) is 142 Å². The van der Waals surface area contributed by atoms with Gasteiger partial charge in [0.2, 0.25) is 0 Å². The summed E-state index contributed by atoms with van der Waals surface area (Å²) in [4.78, 5) is 54.4. The second-order valence-corrected chi connectivity index (χ2v) is 37.4. The van der Waals surface area contributed by atoms with E-state index in [0.29, 0.717) is 48.7 Å². The fourth-order valence-corrected chi connectivity index (χ4v) is 18.8. The molecule has 0 spiro atoms. The van der Waals surface area contributed by atoms with Crippen molar-refractivity contribution in [3.8, 4) is 23.0 Å². The summed E-state index contributed by atoms with van der Waals surface area (Å²) in [5.41, 5.74) is 11.8. The molecule has 1 aliphatic carbocycles. The molecule has 4 aromatic carbocycles. The monoisotopic (exact) mass is 1720 g/mol. The Bertz CT molecular complexity index is 2840. The van der Waals surface area contributed by atoms with Crippen LogP contribution < -0.4 is 18.9 Å². The van der Waals surface area contributed by atoms with Gasteiger partial charge in [-0.3, -0.25) is 0 Å². The van der Waals surface area contributed by atoms with Crippen LogP contribution in [0.4, 0.5) is 0 Å². The summed E-state index contributed by atoms with van der Waals surface area (Å²) in [6.07, 6.45) is 87.6. The molecule has 0 N–H and O–H groups in total. The number of fused-ring (bicyclic) bond motifs is 8. The lowest BCUT2D eigenvalue weighted by molar-refractivity contribution is -0.143. The van der Waals surface area contributed by atoms with E-state index in [2.05, 4.69) is 76.2 Å². The highest BCUT2D eigenvalue weighted by atomic mass is 16.6. The van der Waals surface area contributed by atoms with Gasteiger partial charge in [-0.05, 0) is 118 Å². The lowest BCUT2D eigenvalue weighted by Crippen LogP contribution is -2.18. The first-order chi connectivity index (χ1) is 61.0. The van der Waals surface area contributed by atoms with Gasteiger partial charge in [0, 0.05) is 25.7 Å². The van der Waals surface area contributed by atoms with E-state index in [1.807, 2.05) is 0 Å². The zero-order chi connectivity index (χ0) is 88.6. The number of ether oxygens (including phenoxy) is 8. The molecule has 0 amide bonds. The standard InChI is InChI=1S/C112H184O12/c1-9-13-17-21-25-29-33-37-41-45-49-53-57-61-65-69-73-93-77-97-85-99-79-94(74-70-66-62-58-54-50-46-42-38-34-30-26-22-18-14-10-2)81-101(110(99)122-90-106(114)118-6)87-103-83-96(76-72-68-64-60-56-52-48-44-40-36-32-28-24-20-16-12-4)84-104(112(103)124-92-108(116)120-8)88-102-82-95(75-71-67-63-59-55-51-47-43-39-35-31-27-23-19-15-11-3)80-100(111(102)123-91-107(115)119-7)86-98(78-93)109(97)121-89-105(113)117-5/h77-84H,9-76,85-92H2,1-8H3. The number of esters is 4. The Morgan fingerprint density at radius 2 is 0.298 bits per heavy atom. The molecule has 5 rings (SSSR count). The molecular weight excluding hydrogens is 1540 g/mol. The van der Waals surface area contributed by atoms with Crippen LogP contribution in [0.15, 0.2) is 48.5 Å². The van der Waals surface area contributed by atoms with Crippen LogP contribution >= 0.6 is 0 Å². The molecule has 0 aliphatic heterocycles. The van der Waals surface area contributed by atoms with Crippen molar-refractivity contribution in [2.24, 2.45) is 0 Å². The lowest BCUT2D eigenvalue weighted by atomic mass is 9.86. The summed E-state index contributed by atoms with van der Waals surface area (Å²) in [6.45, 7) is 7.92. The van der Waals surface area contributed by atoms with E-state index < -0.39 is 23.9 Å². The summed E-state index contributed by atoms with van der Waals surface area (Å²) in [5.74, 6) is 0.371. The van der Waals surface area contributed by atoms with Crippen molar-refractivity contribution in [1.29, 1.82) is 0 Å². The molecule has 0 atom stereocenters. The summed E-state index contributed by atoms with van der Waals surface area (Å²) >= 11 is 0. The molecule has 12 heteroatoms. The first-order valence-electron chi connectivity index (χ1n) is 52.3. The number of carbonyl (C=O) groups excluding carboxylic acids is 4. The molecule has 4 aromatic rings. The van der Waals surface area contributed by atoms with Crippen molar-refractivity contribution >= 4 is 23.9 Å². The quantitative estimate of drug-likeness (QED) is 0.0208. The van der Waals surface area contributed by atoms with Gasteiger partial charge in [-0.1, -0.05) is 461 Å². The van der Waals surface area contributed by atoms with Crippen LogP contribution in [0.25, 0.3) is 0 Å². The summed E-state index contributed by atoms with van der Waals surface area (Å²) in [5, 5.41) is 0. The van der Waals surface area contributed by atoms with Gasteiger partial charge in [-0.2, -0.15) is 0 Å². The van der Waals surface area contributed by atoms with Gasteiger partial charge in [0.05, 0.1) is 28.4 Å². The van der Waals surface area contributed by atoms with Gasteiger partial charge in [0.15, 0.2) is 26.4 Å². The number of aryl methyl sites for hydroxylation is 4. The van der Waals surface area contributed by atoms with Crippen LogP contribution in [0.1, 0.15) is 505 Å². The van der Waals surface area contributed by atoms with E-state index in [0.717, 1.165) is 122 Å². The predicted octanol–water partition coefficient (Wildman–Crippen LogP) is 31.8. The molecule has 0 fully saturated rings. The average molecular weight is 1720 g/mol. The van der Waals surface area contributed by atoms with E-state index >= 15 is 0 Å². The first-order valence-corrected chi connectivity index (χ1v) is 52.3. The third-order valence-corrected chi connectivity index (χ3v) is 26.3. The zero-order valence-electron chi connectivity index (χ0n) is 81.3. The maximum Gasteiger partial charge on any atom is 0.343 e. The Balaban J connectivity index is 1.63. The largest absolute Gasteiger partial charge is 0.481 e. The molecule has 704 valence electrons. The number of carbonyl (C=O) groups is 4. The van der Waals surface area contributed by atoms with Crippen molar-refractivity contribution in [3.63, 3.8) is 0 Å². The number of methoxy groups -OCH3 is 4. The van der Waals surface area contributed by atoms with E-state index in [9.17, 15) is 19.2 Å². The van der Waals surface area contributed by atoms with Crippen molar-refractivity contribution in [1.82, 2.24) is 0 Å². The molecule has 124 heavy (non-hydrogen) atoms. The van der Waals surface area contributed by atoms with E-state index in [4.69, 9.17) is 37.9 Å². The zero-order valence-corrected chi connectivity index (χ0v) is 81.3. The normalized spacial score (nSPS) is 11.9. The highest BCUT2D eigenvalue weighted by molar-refractivity contribution is 5.73. The molecule has 0 aromatic heterocycles. The van der Waals surface area contributed by atoms with Crippen LogP contribution in [-0.2, 0) is 89.5 Å². The maximum atomic E-state index is 13.6.